The van der Waals surface area contributed by atoms with E-state index >= 15 is 0 Å². The van der Waals surface area contributed by atoms with E-state index in [1.165, 1.54) is 0 Å². The smallest absolute Gasteiger partial charge is 0.164 e. The van der Waals surface area contributed by atoms with Crippen LogP contribution in [0.5, 0.6) is 0 Å². The second kappa shape index (κ2) is 5.97. The minimum atomic E-state index is 0.439. The van der Waals surface area contributed by atoms with Crippen molar-refractivity contribution in [2.45, 2.75) is 18.8 Å². The Morgan fingerprint density at radius 3 is 2.76 bits per heavy atom. The molecule has 0 bridgehead atoms. The molecule has 6 nitrogen and oxygen atoms in total. The van der Waals surface area contributed by atoms with E-state index in [0.717, 1.165) is 41.0 Å². The van der Waals surface area contributed by atoms with Gasteiger partial charge in [-0.2, -0.15) is 5.26 Å². The van der Waals surface area contributed by atoms with Gasteiger partial charge in [0.1, 0.15) is 18.2 Å². The minimum absolute atomic E-state index is 0.439. The summed E-state index contributed by atoms with van der Waals surface area (Å²) in [5.41, 5.74) is 1.48. The first-order chi connectivity index (χ1) is 10.2. The highest BCUT2D eigenvalue weighted by Crippen LogP contribution is 2.32. The molecule has 1 aliphatic rings. The third-order valence-corrected chi connectivity index (χ3v) is 4.77. The van der Waals surface area contributed by atoms with E-state index in [0.29, 0.717) is 11.6 Å². The summed E-state index contributed by atoms with van der Waals surface area (Å²) in [6, 6.07) is 4.15. The second-order valence-electron chi connectivity index (χ2n) is 5.16. The number of nitriles is 1. The van der Waals surface area contributed by atoms with Gasteiger partial charge in [-0.25, -0.2) is 4.98 Å². The van der Waals surface area contributed by atoms with Gasteiger partial charge in [0.05, 0.1) is 5.69 Å². The predicted octanol–water partition coefficient (Wildman–Crippen LogP) is 2.07. The Labute approximate surface area is 136 Å². The molecule has 1 aliphatic heterocycles. The molecule has 0 spiro atoms. The van der Waals surface area contributed by atoms with Crippen molar-refractivity contribution >= 4 is 28.3 Å². The van der Waals surface area contributed by atoms with E-state index in [4.69, 9.17) is 0 Å². The van der Waals surface area contributed by atoms with Crippen LogP contribution in [0.4, 0.5) is 5.69 Å². The van der Waals surface area contributed by atoms with Crippen molar-refractivity contribution in [3.8, 4) is 6.07 Å². The molecule has 1 fully saturated rings. The van der Waals surface area contributed by atoms with Gasteiger partial charge in [-0.3, -0.25) is 0 Å². The summed E-state index contributed by atoms with van der Waals surface area (Å²) >= 11 is 2.27. The monoisotopic (exact) mass is 394 g/mol. The van der Waals surface area contributed by atoms with Crippen LogP contribution in [0.1, 0.15) is 30.3 Å². The van der Waals surface area contributed by atoms with Crippen molar-refractivity contribution in [3.63, 3.8) is 0 Å². The third kappa shape index (κ3) is 2.72. The molecule has 0 unspecified atom stereocenters. The first-order valence-corrected chi connectivity index (χ1v) is 7.92. The first kappa shape index (κ1) is 14.3. The number of nitrogens with zero attached hydrogens (tertiary/aromatic N) is 6. The first-order valence-electron chi connectivity index (χ1n) is 6.84. The second-order valence-corrected chi connectivity index (χ2v) is 6.33. The Balaban J connectivity index is 1.78. The summed E-state index contributed by atoms with van der Waals surface area (Å²) in [4.78, 5) is 6.45. The molecular formula is C14H15IN6. The lowest BCUT2D eigenvalue weighted by molar-refractivity contribution is 0.473. The van der Waals surface area contributed by atoms with E-state index in [2.05, 4.69) is 48.7 Å². The Morgan fingerprint density at radius 1 is 1.38 bits per heavy atom. The molecule has 21 heavy (non-hydrogen) atoms. The van der Waals surface area contributed by atoms with Gasteiger partial charge in [0.2, 0.25) is 0 Å². The Hall–Kier alpha value is -1.69. The van der Waals surface area contributed by atoms with Crippen LogP contribution in [0.3, 0.4) is 0 Å². The highest BCUT2D eigenvalue weighted by atomic mass is 127. The molecular weight excluding hydrogens is 379 g/mol. The molecule has 0 saturated carbocycles. The van der Waals surface area contributed by atoms with Crippen molar-refractivity contribution in [1.82, 2.24) is 19.7 Å². The average Bonchev–Trinajstić information content (AvgIpc) is 2.93. The Kier molecular flexibility index (Phi) is 4.05. The quantitative estimate of drug-likeness (QED) is 0.730. The summed E-state index contributed by atoms with van der Waals surface area (Å²) in [6.45, 7) is 1.82. The van der Waals surface area contributed by atoms with Crippen LogP contribution in [0.25, 0.3) is 0 Å². The lowest BCUT2D eigenvalue weighted by Crippen LogP contribution is -2.34. The highest BCUT2D eigenvalue weighted by molar-refractivity contribution is 14.1. The average molecular weight is 394 g/mol. The van der Waals surface area contributed by atoms with Gasteiger partial charge in [0, 0.05) is 35.8 Å². The molecule has 1 saturated heterocycles. The number of rotatable bonds is 2. The van der Waals surface area contributed by atoms with Gasteiger partial charge in [-0.15, -0.1) is 10.2 Å². The van der Waals surface area contributed by atoms with Crippen LogP contribution in [0.2, 0.25) is 0 Å². The summed E-state index contributed by atoms with van der Waals surface area (Å²) in [5.74, 6) is 1.49. The molecule has 3 rings (SSSR count). The maximum absolute atomic E-state index is 9.25. The molecule has 2 aromatic heterocycles. The van der Waals surface area contributed by atoms with E-state index in [1.807, 2.05) is 17.7 Å². The van der Waals surface area contributed by atoms with Gasteiger partial charge in [0.25, 0.3) is 0 Å². The lowest BCUT2D eigenvalue weighted by atomic mass is 9.95. The Morgan fingerprint density at radius 2 is 2.14 bits per heavy atom. The van der Waals surface area contributed by atoms with Crippen LogP contribution >= 0.6 is 22.6 Å². The number of hydrogen-bond donors (Lipinski definition) is 0. The molecule has 2 aromatic rings. The standard InChI is InChI=1S/C14H15IN6/c1-20-9-18-19-14(20)10-3-6-21(7-4-10)13-11(15)2-5-17-12(13)8-16/h2,5,9-10H,3-4,6-7H2,1H3. The fraction of sp³-hybridized carbons (Fsp3) is 0.429. The van der Waals surface area contributed by atoms with Crippen molar-refractivity contribution in [1.29, 1.82) is 5.26 Å². The molecule has 108 valence electrons. The third-order valence-electron chi connectivity index (χ3n) is 3.90. The van der Waals surface area contributed by atoms with E-state index < -0.39 is 0 Å². The zero-order chi connectivity index (χ0) is 14.8. The molecule has 0 amide bonds. The molecule has 7 heteroatoms. The SMILES string of the molecule is Cn1cnnc1C1CCN(c2c(I)ccnc2C#N)CC1. The molecule has 3 heterocycles. The lowest BCUT2D eigenvalue weighted by Gasteiger charge is -2.33. The highest BCUT2D eigenvalue weighted by Gasteiger charge is 2.26. The fourth-order valence-corrected chi connectivity index (χ4v) is 3.59. The summed E-state index contributed by atoms with van der Waals surface area (Å²) in [6.07, 6.45) is 5.47. The van der Waals surface area contributed by atoms with Gasteiger partial charge in [-0.1, -0.05) is 0 Å². The molecule has 0 aromatic carbocycles. The van der Waals surface area contributed by atoms with Crippen molar-refractivity contribution in [2.24, 2.45) is 7.05 Å². The van der Waals surface area contributed by atoms with E-state index in [1.54, 1.807) is 12.5 Å². The van der Waals surface area contributed by atoms with Gasteiger partial charge in [-0.05, 0) is 41.5 Å². The number of piperidine rings is 1. The van der Waals surface area contributed by atoms with Crippen molar-refractivity contribution in [2.75, 3.05) is 18.0 Å². The molecule has 0 radical (unpaired) electrons. The van der Waals surface area contributed by atoms with Gasteiger partial charge in [0.15, 0.2) is 5.69 Å². The van der Waals surface area contributed by atoms with Crippen molar-refractivity contribution in [3.05, 3.63) is 33.7 Å². The topological polar surface area (TPSA) is 70.6 Å². The normalized spacial score (nSPS) is 16.0. The largest absolute Gasteiger partial charge is 0.368 e. The maximum atomic E-state index is 9.25. The number of hydrogen-bond acceptors (Lipinski definition) is 5. The fourth-order valence-electron chi connectivity index (χ4n) is 2.84. The maximum Gasteiger partial charge on any atom is 0.164 e. The van der Waals surface area contributed by atoms with Crippen LogP contribution < -0.4 is 4.90 Å². The van der Waals surface area contributed by atoms with Crippen LogP contribution in [0.15, 0.2) is 18.6 Å². The number of aromatic nitrogens is 4. The zero-order valence-electron chi connectivity index (χ0n) is 11.7. The van der Waals surface area contributed by atoms with E-state index in [-0.39, 0.29) is 0 Å². The van der Waals surface area contributed by atoms with Crippen LogP contribution in [-0.2, 0) is 7.05 Å². The minimum Gasteiger partial charge on any atom is -0.368 e. The number of halogens is 1. The van der Waals surface area contributed by atoms with Crippen molar-refractivity contribution < 1.29 is 0 Å². The van der Waals surface area contributed by atoms with Gasteiger partial charge < -0.3 is 9.47 Å². The number of aryl methyl sites for hydroxylation is 1. The summed E-state index contributed by atoms with van der Waals surface area (Å²) in [7, 11) is 1.99. The van der Waals surface area contributed by atoms with Gasteiger partial charge >= 0.3 is 0 Å². The van der Waals surface area contributed by atoms with E-state index in [9.17, 15) is 5.26 Å². The Bertz CT molecular complexity index is 681. The zero-order valence-corrected chi connectivity index (χ0v) is 13.9. The number of anilines is 1. The van der Waals surface area contributed by atoms with Crippen LogP contribution in [0, 0.1) is 14.9 Å². The summed E-state index contributed by atoms with van der Waals surface area (Å²) < 4.78 is 3.07. The number of pyridine rings is 1. The van der Waals surface area contributed by atoms with Crippen LogP contribution in [-0.4, -0.2) is 32.8 Å². The molecule has 0 atom stereocenters. The molecule has 0 N–H and O–H groups in total. The predicted molar refractivity (Wildman–Crippen MR) is 86.9 cm³/mol. The summed E-state index contributed by atoms with van der Waals surface area (Å²) in [5, 5.41) is 17.4. The molecule has 0 aliphatic carbocycles.